The third-order valence-electron chi connectivity index (χ3n) is 3.40. The molecule has 0 fully saturated rings. The number of carboxylic acid groups (broad SMARTS) is 1. The SMILES string of the molecule is CCC(=O)NCc1cc(S(=O)(=O)N(C)CCC(=O)O)ccc1OC. The van der Waals surface area contributed by atoms with Crippen molar-refractivity contribution in [3.63, 3.8) is 0 Å². The minimum Gasteiger partial charge on any atom is -0.496 e. The van der Waals surface area contributed by atoms with E-state index in [1.807, 2.05) is 0 Å². The van der Waals surface area contributed by atoms with Gasteiger partial charge in [0.2, 0.25) is 15.9 Å². The van der Waals surface area contributed by atoms with Crippen LogP contribution in [0.15, 0.2) is 23.1 Å². The van der Waals surface area contributed by atoms with Gasteiger partial charge in [-0.25, -0.2) is 12.7 Å². The van der Waals surface area contributed by atoms with Crippen LogP contribution in [0.25, 0.3) is 0 Å². The molecule has 0 spiro atoms. The van der Waals surface area contributed by atoms with E-state index in [1.54, 1.807) is 6.92 Å². The predicted molar refractivity (Wildman–Crippen MR) is 87.2 cm³/mol. The Labute approximate surface area is 141 Å². The molecule has 0 aliphatic heterocycles. The molecule has 0 aromatic heterocycles. The van der Waals surface area contributed by atoms with Gasteiger partial charge in [-0.1, -0.05) is 6.92 Å². The van der Waals surface area contributed by atoms with Crippen LogP contribution in [0.4, 0.5) is 0 Å². The summed E-state index contributed by atoms with van der Waals surface area (Å²) in [6.07, 6.45) is 0.0313. The Morgan fingerprint density at radius 3 is 2.54 bits per heavy atom. The molecule has 0 saturated heterocycles. The van der Waals surface area contributed by atoms with Crippen LogP contribution in [0, 0.1) is 0 Å². The fourth-order valence-corrected chi connectivity index (χ4v) is 3.15. The highest BCUT2D eigenvalue weighted by Gasteiger charge is 2.22. The maximum Gasteiger partial charge on any atom is 0.304 e. The molecule has 0 radical (unpaired) electrons. The molecule has 8 nitrogen and oxygen atoms in total. The summed E-state index contributed by atoms with van der Waals surface area (Å²) in [5.74, 6) is -0.780. The highest BCUT2D eigenvalue weighted by molar-refractivity contribution is 7.89. The van der Waals surface area contributed by atoms with Gasteiger partial charge in [0, 0.05) is 32.1 Å². The van der Waals surface area contributed by atoms with E-state index in [-0.39, 0.29) is 30.3 Å². The van der Waals surface area contributed by atoms with Crippen LogP contribution in [-0.4, -0.2) is 50.4 Å². The van der Waals surface area contributed by atoms with Crippen LogP contribution in [0.1, 0.15) is 25.3 Å². The zero-order valence-electron chi connectivity index (χ0n) is 13.9. The molecule has 24 heavy (non-hydrogen) atoms. The zero-order chi connectivity index (χ0) is 18.3. The molecule has 0 aliphatic carbocycles. The molecule has 0 bridgehead atoms. The van der Waals surface area contributed by atoms with E-state index in [1.165, 1.54) is 32.4 Å². The molecule has 0 saturated carbocycles. The number of carboxylic acids is 1. The van der Waals surface area contributed by atoms with Crippen molar-refractivity contribution in [3.05, 3.63) is 23.8 Å². The van der Waals surface area contributed by atoms with E-state index in [2.05, 4.69) is 5.32 Å². The Bertz CT molecular complexity index is 702. The topological polar surface area (TPSA) is 113 Å². The number of ether oxygens (including phenoxy) is 1. The average molecular weight is 358 g/mol. The highest BCUT2D eigenvalue weighted by atomic mass is 32.2. The number of rotatable bonds is 9. The van der Waals surface area contributed by atoms with Crippen LogP contribution in [-0.2, 0) is 26.2 Å². The molecule has 0 atom stereocenters. The molecule has 1 aromatic rings. The maximum atomic E-state index is 12.5. The number of benzene rings is 1. The average Bonchev–Trinajstić information content (AvgIpc) is 2.56. The maximum absolute atomic E-state index is 12.5. The number of aliphatic carboxylic acids is 1. The normalized spacial score (nSPS) is 11.3. The van der Waals surface area contributed by atoms with Gasteiger partial charge in [-0.05, 0) is 18.2 Å². The van der Waals surface area contributed by atoms with Crippen molar-refractivity contribution in [2.45, 2.75) is 31.2 Å². The van der Waals surface area contributed by atoms with Gasteiger partial charge in [0.25, 0.3) is 0 Å². The van der Waals surface area contributed by atoms with Gasteiger partial charge < -0.3 is 15.2 Å². The molecule has 1 aromatic carbocycles. The summed E-state index contributed by atoms with van der Waals surface area (Å²) in [6, 6.07) is 4.31. The van der Waals surface area contributed by atoms with Crippen molar-refractivity contribution in [2.24, 2.45) is 0 Å². The first-order chi connectivity index (χ1) is 11.2. The van der Waals surface area contributed by atoms with Crippen molar-refractivity contribution in [2.75, 3.05) is 20.7 Å². The van der Waals surface area contributed by atoms with Crippen LogP contribution in [0.5, 0.6) is 5.75 Å². The van der Waals surface area contributed by atoms with Gasteiger partial charge in [-0.2, -0.15) is 0 Å². The van der Waals surface area contributed by atoms with Gasteiger partial charge in [0.15, 0.2) is 0 Å². The van der Waals surface area contributed by atoms with Crippen LogP contribution < -0.4 is 10.1 Å². The molecule has 0 aliphatic rings. The quantitative estimate of drug-likeness (QED) is 0.676. The Morgan fingerprint density at radius 1 is 1.33 bits per heavy atom. The fourth-order valence-electron chi connectivity index (χ4n) is 1.93. The Morgan fingerprint density at radius 2 is 2.00 bits per heavy atom. The van der Waals surface area contributed by atoms with Crippen LogP contribution in [0.2, 0.25) is 0 Å². The predicted octanol–water partition coefficient (Wildman–Crippen LogP) is 0.817. The fraction of sp³-hybridized carbons (Fsp3) is 0.467. The monoisotopic (exact) mass is 358 g/mol. The largest absolute Gasteiger partial charge is 0.496 e. The third kappa shape index (κ3) is 5.20. The number of carbonyl (C=O) groups is 2. The van der Waals surface area contributed by atoms with E-state index in [0.29, 0.717) is 17.7 Å². The number of hydrogen-bond donors (Lipinski definition) is 2. The summed E-state index contributed by atoms with van der Waals surface area (Å²) in [7, 11) is -1.05. The van der Waals surface area contributed by atoms with Crippen molar-refractivity contribution in [3.8, 4) is 5.75 Å². The number of sulfonamides is 1. The summed E-state index contributed by atoms with van der Waals surface area (Å²) in [5.41, 5.74) is 0.520. The number of amides is 1. The summed E-state index contributed by atoms with van der Waals surface area (Å²) in [6.45, 7) is 1.72. The first-order valence-electron chi connectivity index (χ1n) is 7.34. The second-order valence-corrected chi connectivity index (χ2v) is 7.12. The molecule has 1 amide bonds. The van der Waals surface area contributed by atoms with E-state index in [0.717, 1.165) is 4.31 Å². The molecule has 0 heterocycles. The summed E-state index contributed by atoms with van der Waals surface area (Å²) < 4.78 is 31.2. The van der Waals surface area contributed by atoms with E-state index >= 15 is 0 Å². The highest BCUT2D eigenvalue weighted by Crippen LogP contribution is 2.24. The molecule has 9 heteroatoms. The molecule has 1 rings (SSSR count). The van der Waals surface area contributed by atoms with Crippen LogP contribution in [0.3, 0.4) is 0 Å². The smallest absolute Gasteiger partial charge is 0.304 e. The Kier molecular flexibility index (Phi) is 7.18. The number of carbonyl (C=O) groups excluding carboxylic acids is 1. The molecular formula is C15H22N2O6S. The Balaban J connectivity index is 3.06. The molecule has 2 N–H and O–H groups in total. The van der Waals surface area contributed by atoms with Crippen molar-refractivity contribution in [1.82, 2.24) is 9.62 Å². The lowest BCUT2D eigenvalue weighted by atomic mass is 10.2. The van der Waals surface area contributed by atoms with Crippen molar-refractivity contribution in [1.29, 1.82) is 0 Å². The minimum atomic E-state index is -3.82. The van der Waals surface area contributed by atoms with Gasteiger partial charge in [0.1, 0.15) is 5.75 Å². The van der Waals surface area contributed by atoms with Gasteiger partial charge >= 0.3 is 5.97 Å². The zero-order valence-corrected chi connectivity index (χ0v) is 14.7. The number of hydrogen-bond acceptors (Lipinski definition) is 5. The lowest BCUT2D eigenvalue weighted by molar-refractivity contribution is -0.137. The molecule has 0 unspecified atom stereocenters. The number of nitrogens with zero attached hydrogens (tertiary/aromatic N) is 1. The van der Waals surface area contributed by atoms with E-state index in [4.69, 9.17) is 9.84 Å². The Hall–Kier alpha value is -2.13. The number of nitrogens with one attached hydrogen (secondary N) is 1. The first-order valence-corrected chi connectivity index (χ1v) is 8.78. The van der Waals surface area contributed by atoms with Crippen molar-refractivity contribution < 1.29 is 27.9 Å². The van der Waals surface area contributed by atoms with Gasteiger partial charge in [-0.3, -0.25) is 9.59 Å². The third-order valence-corrected chi connectivity index (χ3v) is 5.25. The van der Waals surface area contributed by atoms with Crippen LogP contribution >= 0.6 is 0 Å². The van der Waals surface area contributed by atoms with Crippen molar-refractivity contribution >= 4 is 21.9 Å². The number of methoxy groups -OCH3 is 1. The summed E-state index contributed by atoms with van der Waals surface area (Å²) >= 11 is 0. The second-order valence-electron chi connectivity index (χ2n) is 5.07. The summed E-state index contributed by atoms with van der Waals surface area (Å²) in [4.78, 5) is 22.0. The van der Waals surface area contributed by atoms with Gasteiger partial charge in [-0.15, -0.1) is 0 Å². The molecular weight excluding hydrogens is 336 g/mol. The van der Waals surface area contributed by atoms with E-state index < -0.39 is 16.0 Å². The lowest BCUT2D eigenvalue weighted by Gasteiger charge is -2.18. The van der Waals surface area contributed by atoms with E-state index in [9.17, 15) is 18.0 Å². The minimum absolute atomic E-state index is 0.0111. The first kappa shape index (κ1) is 19.9. The standard InChI is InChI=1S/C15H22N2O6S/c1-4-14(18)16-10-11-9-12(5-6-13(11)23-3)24(21,22)17(2)8-7-15(19)20/h5-6,9H,4,7-8,10H2,1-3H3,(H,16,18)(H,19,20). The molecule has 134 valence electrons. The lowest BCUT2D eigenvalue weighted by Crippen LogP contribution is -2.29. The summed E-state index contributed by atoms with van der Waals surface area (Å²) in [5, 5.41) is 11.3. The second kappa shape index (κ2) is 8.65. The van der Waals surface area contributed by atoms with Gasteiger partial charge in [0.05, 0.1) is 18.4 Å².